The molecule has 1 unspecified atom stereocenters. The molecule has 1 aromatic heterocycles. The van der Waals surface area contributed by atoms with E-state index in [1.54, 1.807) is 12.3 Å². The topological polar surface area (TPSA) is 31.4 Å². The van der Waals surface area contributed by atoms with Gasteiger partial charge in [0.2, 0.25) is 0 Å². The van der Waals surface area contributed by atoms with Crippen molar-refractivity contribution in [2.75, 3.05) is 0 Å². The summed E-state index contributed by atoms with van der Waals surface area (Å²) in [6, 6.07) is 3.84. The predicted octanol–water partition coefficient (Wildman–Crippen LogP) is 2.40. The molecule has 90 valence electrons. The Bertz CT molecular complexity index is 432. The molecular formula is C12H15BINO2. The minimum atomic E-state index is -0.340. The van der Waals surface area contributed by atoms with Crippen LogP contribution in [0.5, 0.6) is 0 Å². The normalized spacial score (nSPS) is 27.2. The zero-order chi connectivity index (χ0) is 12.7. The lowest BCUT2D eigenvalue weighted by molar-refractivity contribution is 0.0726. The average molecular weight is 343 g/mol. The summed E-state index contributed by atoms with van der Waals surface area (Å²) in [5.74, 6) is 0. The van der Waals surface area contributed by atoms with E-state index in [-0.39, 0.29) is 16.3 Å². The van der Waals surface area contributed by atoms with Crippen molar-refractivity contribution in [3.63, 3.8) is 0 Å². The van der Waals surface area contributed by atoms with Gasteiger partial charge in [0.05, 0.1) is 11.3 Å². The number of aromatic nitrogens is 1. The first-order valence-electron chi connectivity index (χ1n) is 5.49. The van der Waals surface area contributed by atoms with E-state index < -0.39 is 0 Å². The summed E-state index contributed by atoms with van der Waals surface area (Å²) in [7, 11) is -0.339. The number of nitrogens with zero attached hydrogens (tertiary/aromatic N) is 1. The van der Waals surface area contributed by atoms with Gasteiger partial charge in [0, 0.05) is 6.20 Å². The summed E-state index contributed by atoms with van der Waals surface area (Å²) in [6.45, 7) is 9.81. The lowest BCUT2D eigenvalue weighted by Gasteiger charge is -2.30. The van der Waals surface area contributed by atoms with Crippen LogP contribution in [0.1, 0.15) is 26.5 Å². The number of hydrogen-bond donors (Lipinski definition) is 0. The van der Waals surface area contributed by atoms with E-state index in [9.17, 15) is 0 Å². The fraction of sp³-hybridized carbons (Fsp3) is 0.417. The molecule has 1 aliphatic rings. The van der Waals surface area contributed by atoms with Crippen LogP contribution in [0.15, 0.2) is 24.9 Å². The number of halogens is 1. The lowest BCUT2D eigenvalue weighted by Crippen LogP contribution is -2.38. The van der Waals surface area contributed by atoms with Gasteiger partial charge in [0.1, 0.15) is 3.61 Å². The average Bonchev–Trinajstić information content (AvgIpc) is 2.48. The third kappa shape index (κ3) is 2.41. The summed E-state index contributed by atoms with van der Waals surface area (Å²) < 4.78 is 11.6. The molecule has 1 atom stereocenters. The number of pyridine rings is 1. The van der Waals surface area contributed by atoms with Crippen LogP contribution in [0.2, 0.25) is 0 Å². The van der Waals surface area contributed by atoms with E-state index in [0.717, 1.165) is 11.2 Å². The third-order valence-electron chi connectivity index (χ3n) is 3.09. The van der Waals surface area contributed by atoms with Crippen LogP contribution in [-0.2, 0) is 9.31 Å². The largest absolute Gasteiger partial charge is 0.495 e. The van der Waals surface area contributed by atoms with Gasteiger partial charge in [-0.3, -0.25) is 4.98 Å². The van der Waals surface area contributed by atoms with Crippen molar-refractivity contribution >= 4 is 41.2 Å². The Kier molecular flexibility index (Phi) is 3.35. The summed E-state index contributed by atoms with van der Waals surface area (Å²) in [5.41, 5.74) is 1.48. The van der Waals surface area contributed by atoms with Crippen LogP contribution in [-0.4, -0.2) is 21.3 Å². The van der Waals surface area contributed by atoms with Gasteiger partial charge in [-0.1, -0.05) is 6.58 Å². The molecule has 0 radical (unpaired) electrons. The van der Waals surface area contributed by atoms with Crippen molar-refractivity contribution in [2.24, 2.45) is 0 Å². The zero-order valence-corrected chi connectivity index (χ0v) is 12.4. The summed E-state index contributed by atoms with van der Waals surface area (Å²) in [5, 5.41) is 0. The monoisotopic (exact) mass is 343 g/mol. The van der Waals surface area contributed by atoms with Gasteiger partial charge < -0.3 is 9.31 Å². The Labute approximate surface area is 116 Å². The zero-order valence-electron chi connectivity index (χ0n) is 10.2. The van der Waals surface area contributed by atoms with E-state index in [1.807, 2.05) is 32.9 Å². The molecule has 17 heavy (non-hydrogen) atoms. The van der Waals surface area contributed by atoms with Crippen molar-refractivity contribution in [1.29, 1.82) is 0 Å². The minimum absolute atomic E-state index is 0.324. The second-order valence-electron chi connectivity index (χ2n) is 4.71. The molecule has 0 bridgehead atoms. The van der Waals surface area contributed by atoms with Crippen molar-refractivity contribution in [3.8, 4) is 0 Å². The molecule has 0 aromatic carbocycles. The van der Waals surface area contributed by atoms with Crippen LogP contribution in [0.3, 0.4) is 0 Å². The van der Waals surface area contributed by atoms with Gasteiger partial charge >= 0.3 is 7.12 Å². The van der Waals surface area contributed by atoms with Crippen LogP contribution in [0.4, 0.5) is 0 Å². The van der Waals surface area contributed by atoms with Crippen molar-refractivity contribution < 1.29 is 9.31 Å². The Morgan fingerprint density at radius 1 is 1.41 bits per heavy atom. The molecule has 0 amide bonds. The van der Waals surface area contributed by atoms with Crippen LogP contribution < -0.4 is 5.46 Å². The summed E-state index contributed by atoms with van der Waals surface area (Å²) >= 11 is 2.29. The minimum Gasteiger partial charge on any atom is -0.398 e. The number of hydrogen-bond acceptors (Lipinski definition) is 3. The molecule has 3 nitrogen and oxygen atoms in total. The Balaban J connectivity index is 2.28. The van der Waals surface area contributed by atoms with Gasteiger partial charge in [-0.25, -0.2) is 0 Å². The fourth-order valence-corrected chi connectivity index (χ4v) is 1.96. The van der Waals surface area contributed by atoms with Crippen LogP contribution in [0.25, 0.3) is 6.08 Å². The molecule has 0 saturated carbocycles. The highest BCUT2D eigenvalue weighted by atomic mass is 127. The molecule has 1 aliphatic heterocycles. The molecule has 1 saturated heterocycles. The molecule has 2 heterocycles. The quantitative estimate of drug-likeness (QED) is 0.470. The highest BCUT2D eigenvalue weighted by Gasteiger charge is 2.53. The predicted molar refractivity (Wildman–Crippen MR) is 78.4 cm³/mol. The van der Waals surface area contributed by atoms with Crippen molar-refractivity contribution in [1.82, 2.24) is 4.98 Å². The lowest BCUT2D eigenvalue weighted by atomic mass is 9.79. The van der Waals surface area contributed by atoms with Gasteiger partial charge in [-0.15, -0.1) is 0 Å². The summed E-state index contributed by atoms with van der Waals surface area (Å²) in [4.78, 5) is 4.17. The van der Waals surface area contributed by atoms with Gasteiger partial charge in [-0.2, -0.15) is 0 Å². The number of alkyl halides is 1. The van der Waals surface area contributed by atoms with E-state index in [1.165, 1.54) is 0 Å². The first-order chi connectivity index (χ1) is 7.86. The summed E-state index contributed by atoms with van der Waals surface area (Å²) in [6.07, 6.45) is 3.46. The Hall–Kier alpha value is -0.395. The Morgan fingerprint density at radius 2 is 2.12 bits per heavy atom. The maximum Gasteiger partial charge on any atom is 0.495 e. The third-order valence-corrected chi connectivity index (χ3v) is 4.65. The standard InChI is InChI=1S/C12H15BINO2/c1-5-10-8-9(6-7-15-10)13-16-11(2,3)12(4,14)17-13/h5-8H,1H2,2-4H3. The second kappa shape index (κ2) is 4.37. The van der Waals surface area contributed by atoms with E-state index >= 15 is 0 Å². The molecule has 1 fully saturated rings. The van der Waals surface area contributed by atoms with Crippen LogP contribution in [0, 0.1) is 0 Å². The SMILES string of the molecule is C=Cc1cc(B2OC(C)(C)C(C)(I)O2)ccn1. The van der Waals surface area contributed by atoms with E-state index in [4.69, 9.17) is 9.31 Å². The maximum atomic E-state index is 5.96. The fourth-order valence-electron chi connectivity index (χ4n) is 1.60. The molecule has 2 rings (SSSR count). The van der Waals surface area contributed by atoms with E-state index in [0.29, 0.717) is 0 Å². The first kappa shape index (κ1) is 13.0. The van der Waals surface area contributed by atoms with Crippen LogP contribution >= 0.6 is 22.6 Å². The first-order valence-corrected chi connectivity index (χ1v) is 6.56. The van der Waals surface area contributed by atoms with Gasteiger partial charge in [0.15, 0.2) is 0 Å². The van der Waals surface area contributed by atoms with Gasteiger partial charge in [0.25, 0.3) is 0 Å². The van der Waals surface area contributed by atoms with Crippen molar-refractivity contribution in [2.45, 2.75) is 30.0 Å². The van der Waals surface area contributed by atoms with E-state index in [2.05, 4.69) is 34.2 Å². The molecule has 5 heteroatoms. The Morgan fingerprint density at radius 3 is 2.65 bits per heavy atom. The highest BCUT2D eigenvalue weighted by molar-refractivity contribution is 14.1. The number of rotatable bonds is 2. The molecule has 0 aliphatic carbocycles. The van der Waals surface area contributed by atoms with Crippen molar-refractivity contribution in [3.05, 3.63) is 30.6 Å². The molecule has 0 spiro atoms. The second-order valence-corrected chi connectivity index (χ2v) is 6.77. The van der Waals surface area contributed by atoms with Gasteiger partial charge in [-0.05, 0) is 67.0 Å². The smallest absolute Gasteiger partial charge is 0.398 e. The molecule has 0 N–H and O–H groups in total. The maximum absolute atomic E-state index is 5.96. The highest BCUT2D eigenvalue weighted by Crippen LogP contribution is 2.41. The molecular weight excluding hydrogens is 328 g/mol. The molecule has 1 aromatic rings.